The van der Waals surface area contributed by atoms with E-state index in [9.17, 15) is 0 Å². The molecule has 0 atom stereocenters. The zero-order chi connectivity index (χ0) is 13.9. The normalized spacial score (nSPS) is 12.9. The monoisotopic (exact) mass is 338 g/mol. The van der Waals surface area contributed by atoms with Crippen molar-refractivity contribution >= 4 is 15.9 Å². The molecule has 1 aliphatic rings. The molecule has 5 nitrogen and oxygen atoms in total. The molecular weight excluding hydrogens is 324 g/mol. The predicted octanol–water partition coefficient (Wildman–Crippen LogP) is 3.02. The predicted molar refractivity (Wildman–Crippen MR) is 76.7 cm³/mol. The van der Waals surface area contributed by atoms with Gasteiger partial charge >= 0.3 is 0 Å². The molecule has 3 rings (SSSR count). The number of hydrogen-bond acceptors (Lipinski definition) is 5. The van der Waals surface area contributed by atoms with Gasteiger partial charge in [0.05, 0.1) is 17.2 Å². The standard InChI is InChI=1S/C14H15BrN2O3/c1-2-10-6-17-13(20-10)7-16-5-9-3-11(15)14-12(4-9)18-8-19-14/h3-4,6,16H,2,5,7-8H2,1H3. The lowest BCUT2D eigenvalue weighted by atomic mass is 10.2. The Balaban J connectivity index is 1.60. The summed E-state index contributed by atoms with van der Waals surface area (Å²) in [4.78, 5) is 4.21. The summed E-state index contributed by atoms with van der Waals surface area (Å²) in [7, 11) is 0. The van der Waals surface area contributed by atoms with Crippen LogP contribution in [0.3, 0.4) is 0 Å². The summed E-state index contributed by atoms with van der Waals surface area (Å²) in [6.07, 6.45) is 2.64. The second-order valence-electron chi connectivity index (χ2n) is 4.49. The highest BCUT2D eigenvalue weighted by molar-refractivity contribution is 9.10. The third kappa shape index (κ3) is 2.81. The largest absolute Gasteiger partial charge is 0.454 e. The summed E-state index contributed by atoms with van der Waals surface area (Å²) in [6.45, 7) is 3.63. The molecule has 1 N–H and O–H groups in total. The molecule has 1 aromatic carbocycles. The summed E-state index contributed by atoms with van der Waals surface area (Å²) < 4.78 is 17.2. The first-order valence-corrected chi connectivity index (χ1v) is 7.28. The Morgan fingerprint density at radius 2 is 2.20 bits per heavy atom. The molecule has 0 bridgehead atoms. The Morgan fingerprint density at radius 3 is 3.00 bits per heavy atom. The number of oxazole rings is 1. The summed E-state index contributed by atoms with van der Waals surface area (Å²) >= 11 is 3.48. The minimum atomic E-state index is 0.279. The van der Waals surface area contributed by atoms with E-state index in [1.165, 1.54) is 0 Å². The van der Waals surface area contributed by atoms with Crippen molar-refractivity contribution in [3.05, 3.63) is 40.0 Å². The molecule has 6 heteroatoms. The van der Waals surface area contributed by atoms with Crippen LogP contribution in [0.25, 0.3) is 0 Å². The highest BCUT2D eigenvalue weighted by Crippen LogP contribution is 2.39. The molecule has 0 unspecified atom stereocenters. The number of halogens is 1. The van der Waals surface area contributed by atoms with Crippen molar-refractivity contribution in [1.82, 2.24) is 10.3 Å². The lowest BCUT2D eigenvalue weighted by Gasteiger charge is -2.06. The molecule has 2 aromatic rings. The molecule has 0 saturated carbocycles. The molecule has 0 fully saturated rings. The smallest absolute Gasteiger partial charge is 0.231 e. The fraction of sp³-hybridized carbons (Fsp3) is 0.357. The van der Waals surface area contributed by atoms with Gasteiger partial charge in [-0.3, -0.25) is 0 Å². The highest BCUT2D eigenvalue weighted by atomic mass is 79.9. The number of hydrogen-bond donors (Lipinski definition) is 1. The maximum Gasteiger partial charge on any atom is 0.231 e. The number of aromatic nitrogens is 1. The Morgan fingerprint density at radius 1 is 1.30 bits per heavy atom. The van der Waals surface area contributed by atoms with E-state index in [0.29, 0.717) is 19.0 Å². The van der Waals surface area contributed by atoms with Crippen molar-refractivity contribution < 1.29 is 13.9 Å². The van der Waals surface area contributed by atoms with E-state index in [1.54, 1.807) is 6.20 Å². The third-order valence-corrected chi connectivity index (χ3v) is 3.63. The van der Waals surface area contributed by atoms with Crippen molar-refractivity contribution in [1.29, 1.82) is 0 Å². The van der Waals surface area contributed by atoms with Gasteiger partial charge in [-0.15, -0.1) is 0 Å². The van der Waals surface area contributed by atoms with Gasteiger partial charge in [0.25, 0.3) is 0 Å². The zero-order valence-electron chi connectivity index (χ0n) is 11.1. The lowest BCUT2D eigenvalue weighted by molar-refractivity contribution is 0.173. The van der Waals surface area contributed by atoms with E-state index >= 15 is 0 Å². The SMILES string of the molecule is CCc1cnc(CNCc2cc(Br)c3c(c2)OCO3)o1. The summed E-state index contributed by atoms with van der Waals surface area (Å²) in [5.74, 6) is 3.17. The van der Waals surface area contributed by atoms with E-state index < -0.39 is 0 Å². The first-order chi connectivity index (χ1) is 9.76. The first kappa shape index (κ1) is 13.5. The number of nitrogens with zero attached hydrogens (tertiary/aromatic N) is 1. The maximum absolute atomic E-state index is 5.54. The average molecular weight is 339 g/mol. The number of aryl methyl sites for hydroxylation is 1. The van der Waals surface area contributed by atoms with Crippen molar-refractivity contribution in [3.63, 3.8) is 0 Å². The van der Waals surface area contributed by atoms with Crippen molar-refractivity contribution in [2.24, 2.45) is 0 Å². The van der Waals surface area contributed by atoms with Gasteiger partial charge in [0.15, 0.2) is 11.5 Å². The van der Waals surface area contributed by atoms with Gasteiger partial charge in [-0.1, -0.05) is 6.92 Å². The van der Waals surface area contributed by atoms with Crippen LogP contribution in [0.15, 0.2) is 27.2 Å². The van der Waals surface area contributed by atoms with E-state index in [4.69, 9.17) is 13.9 Å². The Bertz CT molecular complexity index is 612. The van der Waals surface area contributed by atoms with E-state index in [-0.39, 0.29) is 6.79 Å². The topological polar surface area (TPSA) is 56.5 Å². The van der Waals surface area contributed by atoms with Crippen LogP contribution < -0.4 is 14.8 Å². The van der Waals surface area contributed by atoms with Crippen LogP contribution in [-0.4, -0.2) is 11.8 Å². The van der Waals surface area contributed by atoms with Crippen LogP contribution in [0, 0.1) is 0 Å². The van der Waals surface area contributed by atoms with Gasteiger partial charge < -0.3 is 19.2 Å². The average Bonchev–Trinajstić information content (AvgIpc) is 3.07. The second kappa shape index (κ2) is 5.85. The number of benzene rings is 1. The Labute approximate surface area is 125 Å². The van der Waals surface area contributed by atoms with Gasteiger partial charge in [-0.2, -0.15) is 0 Å². The molecule has 1 aromatic heterocycles. The van der Waals surface area contributed by atoms with Crippen molar-refractivity contribution in [2.75, 3.05) is 6.79 Å². The number of ether oxygens (including phenoxy) is 2. The van der Waals surface area contributed by atoms with Gasteiger partial charge in [-0.05, 0) is 33.6 Å². The van der Waals surface area contributed by atoms with Crippen LogP contribution in [0.1, 0.15) is 24.1 Å². The van der Waals surface area contributed by atoms with Gasteiger partial charge in [0.1, 0.15) is 5.76 Å². The molecule has 1 aliphatic heterocycles. The quantitative estimate of drug-likeness (QED) is 0.908. The summed E-state index contributed by atoms with van der Waals surface area (Å²) in [5, 5.41) is 3.30. The Kier molecular flexibility index (Phi) is 3.93. The van der Waals surface area contributed by atoms with Gasteiger partial charge in [-0.25, -0.2) is 4.98 Å². The van der Waals surface area contributed by atoms with Gasteiger partial charge in [0, 0.05) is 13.0 Å². The molecule has 106 valence electrons. The second-order valence-corrected chi connectivity index (χ2v) is 5.34. The molecule has 20 heavy (non-hydrogen) atoms. The minimum Gasteiger partial charge on any atom is -0.454 e. The number of nitrogens with one attached hydrogen (secondary N) is 1. The van der Waals surface area contributed by atoms with Crippen molar-refractivity contribution in [3.8, 4) is 11.5 Å². The molecular formula is C14H15BrN2O3. The minimum absolute atomic E-state index is 0.279. The summed E-state index contributed by atoms with van der Waals surface area (Å²) in [5.41, 5.74) is 1.11. The van der Waals surface area contributed by atoms with E-state index in [0.717, 1.165) is 33.7 Å². The molecule has 0 spiro atoms. The Hall–Kier alpha value is -1.53. The van der Waals surface area contributed by atoms with E-state index in [2.05, 4.69) is 26.2 Å². The van der Waals surface area contributed by atoms with Crippen LogP contribution in [0.5, 0.6) is 11.5 Å². The van der Waals surface area contributed by atoms with Crippen LogP contribution in [0.4, 0.5) is 0 Å². The fourth-order valence-corrected chi connectivity index (χ4v) is 2.63. The van der Waals surface area contributed by atoms with Gasteiger partial charge in [0.2, 0.25) is 12.7 Å². The summed E-state index contributed by atoms with van der Waals surface area (Å²) in [6, 6.07) is 4.00. The van der Waals surface area contributed by atoms with Crippen LogP contribution in [0.2, 0.25) is 0 Å². The van der Waals surface area contributed by atoms with Crippen LogP contribution >= 0.6 is 15.9 Å². The molecule has 0 aliphatic carbocycles. The number of rotatable bonds is 5. The van der Waals surface area contributed by atoms with E-state index in [1.807, 2.05) is 19.1 Å². The molecule has 2 heterocycles. The molecule has 0 saturated heterocycles. The van der Waals surface area contributed by atoms with Crippen LogP contribution in [-0.2, 0) is 19.5 Å². The fourth-order valence-electron chi connectivity index (χ4n) is 2.03. The molecule has 0 radical (unpaired) electrons. The zero-order valence-corrected chi connectivity index (χ0v) is 12.7. The number of fused-ring (bicyclic) bond motifs is 1. The lowest BCUT2D eigenvalue weighted by Crippen LogP contribution is -2.12. The third-order valence-electron chi connectivity index (χ3n) is 3.04. The maximum atomic E-state index is 5.54. The van der Waals surface area contributed by atoms with Crippen molar-refractivity contribution in [2.45, 2.75) is 26.4 Å². The highest BCUT2D eigenvalue weighted by Gasteiger charge is 2.17. The molecule has 0 amide bonds. The first-order valence-electron chi connectivity index (χ1n) is 6.48.